The van der Waals surface area contributed by atoms with Gasteiger partial charge in [-0.2, -0.15) is 0 Å². The van der Waals surface area contributed by atoms with Gasteiger partial charge in [-0.1, -0.05) is 38.8 Å². The molecule has 2 fully saturated rings. The van der Waals surface area contributed by atoms with Crippen LogP contribution in [0.4, 0.5) is 0 Å². The number of nitrogens with zero attached hydrogens (tertiary/aromatic N) is 1. The van der Waals surface area contributed by atoms with Crippen LogP contribution in [0, 0.1) is 5.92 Å². The maximum absolute atomic E-state index is 9.80. The lowest BCUT2D eigenvalue weighted by Gasteiger charge is -2.45. The number of nitrogens with one attached hydrogen (secondary N) is 1. The van der Waals surface area contributed by atoms with E-state index in [2.05, 4.69) is 30.1 Å². The molecular formula is C20H32N2O. The molecule has 1 aliphatic heterocycles. The fourth-order valence-electron chi connectivity index (χ4n) is 4.37. The Balaban J connectivity index is 1.52. The molecule has 1 aromatic carbocycles. The number of piperidine rings is 1. The predicted molar refractivity (Wildman–Crippen MR) is 95.9 cm³/mol. The van der Waals surface area contributed by atoms with Crippen LogP contribution in [0.15, 0.2) is 24.3 Å². The SMILES string of the molecule is C[C@H]1CN(CCNC2CCCC2)CC[C@]1(C)c1cccc(O)c1. The van der Waals surface area contributed by atoms with Crippen LogP contribution in [0.25, 0.3) is 0 Å². The largest absolute Gasteiger partial charge is 0.508 e. The number of phenols is 1. The van der Waals surface area contributed by atoms with Crippen LogP contribution < -0.4 is 5.32 Å². The van der Waals surface area contributed by atoms with E-state index in [0.29, 0.717) is 11.7 Å². The smallest absolute Gasteiger partial charge is 0.115 e. The van der Waals surface area contributed by atoms with E-state index >= 15 is 0 Å². The summed E-state index contributed by atoms with van der Waals surface area (Å²) in [5.74, 6) is 0.989. The van der Waals surface area contributed by atoms with Crippen LogP contribution in [-0.4, -0.2) is 42.2 Å². The van der Waals surface area contributed by atoms with E-state index in [4.69, 9.17) is 0 Å². The van der Waals surface area contributed by atoms with Crippen molar-refractivity contribution in [2.75, 3.05) is 26.2 Å². The molecule has 2 atom stereocenters. The number of hydrogen-bond acceptors (Lipinski definition) is 3. The molecule has 0 aromatic heterocycles. The minimum Gasteiger partial charge on any atom is -0.508 e. The lowest BCUT2D eigenvalue weighted by atomic mass is 9.68. The van der Waals surface area contributed by atoms with Crippen molar-refractivity contribution in [1.29, 1.82) is 0 Å². The molecule has 3 nitrogen and oxygen atoms in total. The van der Waals surface area contributed by atoms with Gasteiger partial charge in [0, 0.05) is 25.7 Å². The fourth-order valence-corrected chi connectivity index (χ4v) is 4.37. The van der Waals surface area contributed by atoms with E-state index in [0.717, 1.165) is 32.2 Å². The van der Waals surface area contributed by atoms with Gasteiger partial charge in [-0.15, -0.1) is 0 Å². The molecule has 0 bridgehead atoms. The molecule has 0 spiro atoms. The van der Waals surface area contributed by atoms with Crippen molar-refractivity contribution in [2.45, 2.75) is 57.4 Å². The Bertz CT molecular complexity index is 512. The average molecular weight is 316 g/mol. The van der Waals surface area contributed by atoms with Gasteiger partial charge in [0.25, 0.3) is 0 Å². The summed E-state index contributed by atoms with van der Waals surface area (Å²) in [4.78, 5) is 2.61. The van der Waals surface area contributed by atoms with Crippen molar-refractivity contribution in [3.63, 3.8) is 0 Å². The van der Waals surface area contributed by atoms with Gasteiger partial charge in [0.15, 0.2) is 0 Å². The van der Waals surface area contributed by atoms with Gasteiger partial charge in [-0.3, -0.25) is 0 Å². The topological polar surface area (TPSA) is 35.5 Å². The minimum atomic E-state index is 0.175. The van der Waals surface area contributed by atoms with E-state index in [1.165, 1.54) is 37.7 Å². The molecule has 1 aliphatic carbocycles. The third-order valence-electron chi connectivity index (χ3n) is 6.29. The summed E-state index contributed by atoms with van der Waals surface area (Å²) >= 11 is 0. The molecule has 0 radical (unpaired) electrons. The molecule has 1 aromatic rings. The molecule has 23 heavy (non-hydrogen) atoms. The highest BCUT2D eigenvalue weighted by Gasteiger charge is 2.37. The number of aromatic hydroxyl groups is 1. The van der Waals surface area contributed by atoms with Gasteiger partial charge in [-0.25, -0.2) is 0 Å². The summed E-state index contributed by atoms with van der Waals surface area (Å²) in [6.45, 7) is 9.32. The fraction of sp³-hybridized carbons (Fsp3) is 0.700. The first-order chi connectivity index (χ1) is 11.1. The van der Waals surface area contributed by atoms with E-state index in [1.807, 2.05) is 12.1 Å². The van der Waals surface area contributed by atoms with E-state index in [-0.39, 0.29) is 5.41 Å². The van der Waals surface area contributed by atoms with Crippen LogP contribution >= 0.6 is 0 Å². The first kappa shape index (κ1) is 16.8. The number of phenolic OH excluding ortho intramolecular Hbond substituents is 1. The molecule has 0 amide bonds. The molecule has 1 heterocycles. The number of hydrogen-bond donors (Lipinski definition) is 2. The lowest BCUT2D eigenvalue weighted by molar-refractivity contribution is 0.111. The standard InChI is InChI=1S/C20H32N2O/c1-16-15-22(13-11-21-18-7-3-4-8-18)12-10-20(16,2)17-6-5-9-19(23)14-17/h5-6,9,14,16,18,21,23H,3-4,7-8,10-13,15H2,1-2H3/t16-,20-/m0/s1. The van der Waals surface area contributed by atoms with Crippen LogP contribution in [0.2, 0.25) is 0 Å². The maximum atomic E-state index is 9.80. The van der Waals surface area contributed by atoms with Crippen LogP contribution in [0.5, 0.6) is 5.75 Å². The first-order valence-corrected chi connectivity index (χ1v) is 9.33. The second-order valence-corrected chi connectivity index (χ2v) is 7.85. The monoisotopic (exact) mass is 316 g/mol. The Morgan fingerprint density at radius 2 is 2.09 bits per heavy atom. The highest BCUT2D eigenvalue weighted by molar-refractivity contribution is 5.33. The third-order valence-corrected chi connectivity index (χ3v) is 6.29. The Hall–Kier alpha value is -1.06. The van der Waals surface area contributed by atoms with Gasteiger partial charge in [0.1, 0.15) is 5.75 Å². The van der Waals surface area contributed by atoms with Crippen LogP contribution in [-0.2, 0) is 5.41 Å². The van der Waals surface area contributed by atoms with Crippen LogP contribution in [0.1, 0.15) is 51.5 Å². The van der Waals surface area contributed by atoms with E-state index < -0.39 is 0 Å². The summed E-state index contributed by atoms with van der Waals surface area (Å²) in [6.07, 6.45) is 6.71. The Labute approximate surface area is 141 Å². The second-order valence-electron chi connectivity index (χ2n) is 7.85. The molecule has 3 heteroatoms. The summed E-state index contributed by atoms with van der Waals surface area (Å²) in [5, 5.41) is 13.5. The quantitative estimate of drug-likeness (QED) is 0.872. The van der Waals surface area contributed by atoms with Gasteiger partial charge in [0.2, 0.25) is 0 Å². The zero-order valence-corrected chi connectivity index (χ0v) is 14.7. The second kappa shape index (κ2) is 7.23. The van der Waals surface area contributed by atoms with E-state index in [1.54, 1.807) is 6.07 Å². The molecule has 2 N–H and O–H groups in total. The Kier molecular flexibility index (Phi) is 5.27. The van der Waals surface area contributed by atoms with Crippen LogP contribution in [0.3, 0.4) is 0 Å². The van der Waals surface area contributed by atoms with Crippen molar-refractivity contribution >= 4 is 0 Å². The van der Waals surface area contributed by atoms with Crippen molar-refractivity contribution in [1.82, 2.24) is 10.2 Å². The highest BCUT2D eigenvalue weighted by Crippen LogP contribution is 2.40. The summed E-state index contributed by atoms with van der Waals surface area (Å²) < 4.78 is 0. The first-order valence-electron chi connectivity index (χ1n) is 9.33. The number of rotatable bonds is 5. The number of likely N-dealkylation sites (tertiary alicyclic amines) is 1. The predicted octanol–water partition coefficient (Wildman–Crippen LogP) is 3.52. The molecule has 3 rings (SSSR count). The number of benzene rings is 1. The molecular weight excluding hydrogens is 284 g/mol. The highest BCUT2D eigenvalue weighted by atomic mass is 16.3. The van der Waals surface area contributed by atoms with Crippen molar-refractivity contribution in [2.24, 2.45) is 5.92 Å². The van der Waals surface area contributed by atoms with Gasteiger partial charge >= 0.3 is 0 Å². The normalized spacial score (nSPS) is 29.9. The van der Waals surface area contributed by atoms with E-state index in [9.17, 15) is 5.11 Å². The average Bonchev–Trinajstić information content (AvgIpc) is 3.04. The zero-order valence-electron chi connectivity index (χ0n) is 14.7. The minimum absolute atomic E-state index is 0.175. The zero-order chi connectivity index (χ0) is 16.3. The molecule has 0 unspecified atom stereocenters. The lowest BCUT2D eigenvalue weighted by Crippen LogP contribution is -2.49. The summed E-state index contributed by atoms with van der Waals surface area (Å²) in [6, 6.07) is 8.64. The van der Waals surface area contributed by atoms with Crippen molar-refractivity contribution in [3.8, 4) is 5.75 Å². The Morgan fingerprint density at radius 1 is 1.30 bits per heavy atom. The summed E-state index contributed by atoms with van der Waals surface area (Å²) in [5.41, 5.74) is 1.46. The van der Waals surface area contributed by atoms with Crippen molar-refractivity contribution < 1.29 is 5.11 Å². The third kappa shape index (κ3) is 3.89. The molecule has 1 saturated carbocycles. The van der Waals surface area contributed by atoms with Gasteiger partial charge in [0.05, 0.1) is 0 Å². The van der Waals surface area contributed by atoms with Gasteiger partial charge < -0.3 is 15.3 Å². The molecule has 128 valence electrons. The van der Waals surface area contributed by atoms with Crippen molar-refractivity contribution in [3.05, 3.63) is 29.8 Å². The molecule has 2 aliphatic rings. The maximum Gasteiger partial charge on any atom is 0.115 e. The summed E-state index contributed by atoms with van der Waals surface area (Å²) in [7, 11) is 0. The molecule has 1 saturated heterocycles. The van der Waals surface area contributed by atoms with Gasteiger partial charge in [-0.05, 0) is 54.8 Å². The Morgan fingerprint density at radius 3 is 2.78 bits per heavy atom.